The van der Waals surface area contributed by atoms with Crippen molar-refractivity contribution in [3.05, 3.63) is 58.1 Å². The zero-order chi connectivity index (χ0) is 18.4. The first-order valence-corrected chi connectivity index (χ1v) is 7.97. The summed E-state index contributed by atoms with van der Waals surface area (Å²) < 4.78 is 33.9. The molecular formula is C17H15Cl2F2NO3. The maximum atomic E-state index is 12.1. The Bertz CT molecular complexity index is 726. The predicted octanol–water partition coefficient (Wildman–Crippen LogP) is 4.63. The lowest BCUT2D eigenvalue weighted by molar-refractivity contribution is -0.132. The fourth-order valence-electron chi connectivity index (χ4n) is 1.98. The van der Waals surface area contributed by atoms with Gasteiger partial charge in [-0.05, 0) is 29.8 Å². The van der Waals surface area contributed by atoms with E-state index in [1.807, 2.05) is 0 Å². The van der Waals surface area contributed by atoms with E-state index in [-0.39, 0.29) is 23.3 Å². The van der Waals surface area contributed by atoms with E-state index in [0.29, 0.717) is 17.3 Å². The second-order valence-electron chi connectivity index (χ2n) is 5.11. The number of carbonyl (C=O) groups excluding carboxylic acids is 1. The first-order chi connectivity index (χ1) is 11.9. The normalized spacial score (nSPS) is 10.6. The summed E-state index contributed by atoms with van der Waals surface area (Å²) in [5.41, 5.74) is 0.762. The minimum atomic E-state index is -2.87. The summed E-state index contributed by atoms with van der Waals surface area (Å²) >= 11 is 11.9. The van der Waals surface area contributed by atoms with E-state index in [4.69, 9.17) is 27.9 Å². The van der Waals surface area contributed by atoms with E-state index < -0.39 is 6.61 Å². The number of halogens is 4. The zero-order valence-electron chi connectivity index (χ0n) is 13.2. The summed E-state index contributed by atoms with van der Waals surface area (Å²) in [4.78, 5) is 13.6. The molecule has 0 spiro atoms. The van der Waals surface area contributed by atoms with Gasteiger partial charge >= 0.3 is 6.61 Å². The average molecular weight is 390 g/mol. The van der Waals surface area contributed by atoms with Crippen LogP contribution in [0.5, 0.6) is 11.5 Å². The number of benzene rings is 2. The number of ether oxygens (including phenoxy) is 2. The van der Waals surface area contributed by atoms with Crippen LogP contribution in [0.25, 0.3) is 0 Å². The smallest absolute Gasteiger partial charge is 0.387 e. The fourth-order valence-corrected chi connectivity index (χ4v) is 2.33. The van der Waals surface area contributed by atoms with Crippen molar-refractivity contribution in [2.45, 2.75) is 13.2 Å². The summed E-state index contributed by atoms with van der Waals surface area (Å²) in [6.07, 6.45) is 0. The predicted molar refractivity (Wildman–Crippen MR) is 91.5 cm³/mol. The van der Waals surface area contributed by atoms with Gasteiger partial charge in [0.15, 0.2) is 6.61 Å². The summed E-state index contributed by atoms with van der Waals surface area (Å²) in [6, 6.07) is 11.0. The Morgan fingerprint density at radius 3 is 2.48 bits per heavy atom. The lowest BCUT2D eigenvalue weighted by Gasteiger charge is -2.18. The van der Waals surface area contributed by atoms with Gasteiger partial charge in [-0.15, -0.1) is 0 Å². The van der Waals surface area contributed by atoms with Gasteiger partial charge in [0.05, 0.1) is 5.02 Å². The maximum absolute atomic E-state index is 12.1. The largest absolute Gasteiger partial charge is 0.482 e. The van der Waals surface area contributed by atoms with Gasteiger partial charge in [0.1, 0.15) is 16.5 Å². The first-order valence-electron chi connectivity index (χ1n) is 7.21. The van der Waals surface area contributed by atoms with Crippen LogP contribution in [-0.2, 0) is 11.3 Å². The molecule has 2 rings (SSSR count). The standard InChI is InChI=1S/C17H15Cl2F2NO3/c1-22(9-11-5-7-12(8-6-11)25-17(20)21)15(23)10-24-14-4-2-3-13(18)16(14)19/h2-8,17H,9-10H2,1H3. The van der Waals surface area contributed by atoms with Gasteiger partial charge in [0.2, 0.25) is 0 Å². The van der Waals surface area contributed by atoms with Gasteiger partial charge in [-0.2, -0.15) is 8.78 Å². The van der Waals surface area contributed by atoms with E-state index in [9.17, 15) is 13.6 Å². The Morgan fingerprint density at radius 2 is 1.84 bits per heavy atom. The van der Waals surface area contributed by atoms with Crippen molar-refractivity contribution in [3.8, 4) is 11.5 Å². The van der Waals surface area contributed by atoms with Crippen LogP contribution in [0.1, 0.15) is 5.56 Å². The topological polar surface area (TPSA) is 38.8 Å². The van der Waals surface area contributed by atoms with Gasteiger partial charge in [-0.1, -0.05) is 41.4 Å². The number of amides is 1. The van der Waals surface area contributed by atoms with Gasteiger partial charge < -0.3 is 14.4 Å². The summed E-state index contributed by atoms with van der Waals surface area (Å²) in [6.45, 7) is -2.78. The molecule has 25 heavy (non-hydrogen) atoms. The maximum Gasteiger partial charge on any atom is 0.387 e. The van der Waals surface area contributed by atoms with Crippen LogP contribution in [-0.4, -0.2) is 31.1 Å². The fraction of sp³-hybridized carbons (Fsp3) is 0.235. The van der Waals surface area contributed by atoms with Crippen molar-refractivity contribution >= 4 is 29.1 Å². The third-order valence-corrected chi connectivity index (χ3v) is 4.06. The molecule has 134 valence electrons. The van der Waals surface area contributed by atoms with E-state index in [0.717, 1.165) is 5.56 Å². The molecule has 0 aliphatic heterocycles. The number of carbonyl (C=O) groups is 1. The summed E-state index contributed by atoms with van der Waals surface area (Å²) in [7, 11) is 1.61. The minimum Gasteiger partial charge on any atom is -0.482 e. The van der Waals surface area contributed by atoms with E-state index in [1.54, 1.807) is 37.4 Å². The van der Waals surface area contributed by atoms with Crippen LogP contribution in [0.15, 0.2) is 42.5 Å². The molecule has 0 atom stereocenters. The molecule has 8 heteroatoms. The van der Waals surface area contributed by atoms with Gasteiger partial charge in [0, 0.05) is 13.6 Å². The highest BCUT2D eigenvalue weighted by molar-refractivity contribution is 6.42. The molecular weight excluding hydrogens is 375 g/mol. The summed E-state index contributed by atoms with van der Waals surface area (Å²) in [5, 5.41) is 0.584. The molecule has 4 nitrogen and oxygen atoms in total. The molecule has 0 bridgehead atoms. The third-order valence-electron chi connectivity index (χ3n) is 3.26. The number of hydrogen-bond acceptors (Lipinski definition) is 3. The number of alkyl halides is 2. The van der Waals surface area contributed by atoms with Crippen molar-refractivity contribution in [2.75, 3.05) is 13.7 Å². The average Bonchev–Trinajstić information content (AvgIpc) is 2.57. The molecule has 0 saturated carbocycles. The second kappa shape index (κ2) is 8.87. The molecule has 0 aliphatic rings. The number of likely N-dealkylation sites (N-methyl/N-ethyl adjacent to an activating group) is 1. The Labute approximate surface area is 153 Å². The quantitative estimate of drug-likeness (QED) is 0.692. The molecule has 0 aliphatic carbocycles. The van der Waals surface area contributed by atoms with Crippen LogP contribution in [0.4, 0.5) is 8.78 Å². The molecule has 0 radical (unpaired) electrons. The Hall–Kier alpha value is -2.05. The molecule has 0 heterocycles. The summed E-state index contributed by atoms with van der Waals surface area (Å²) in [5.74, 6) is 0.111. The van der Waals surface area contributed by atoms with Crippen molar-refractivity contribution in [3.63, 3.8) is 0 Å². The highest BCUT2D eigenvalue weighted by Crippen LogP contribution is 2.31. The lowest BCUT2D eigenvalue weighted by Crippen LogP contribution is -2.31. The van der Waals surface area contributed by atoms with Crippen LogP contribution in [0, 0.1) is 0 Å². The molecule has 0 aromatic heterocycles. The molecule has 2 aromatic rings. The number of nitrogens with zero attached hydrogens (tertiary/aromatic N) is 1. The van der Waals surface area contributed by atoms with Crippen LogP contribution in [0.2, 0.25) is 10.0 Å². The Kier molecular flexibility index (Phi) is 6.84. The van der Waals surface area contributed by atoms with Crippen molar-refractivity contribution in [1.29, 1.82) is 0 Å². The number of hydrogen-bond donors (Lipinski definition) is 0. The van der Waals surface area contributed by atoms with E-state index in [1.165, 1.54) is 17.0 Å². The van der Waals surface area contributed by atoms with Crippen LogP contribution in [0.3, 0.4) is 0 Å². The van der Waals surface area contributed by atoms with Crippen molar-refractivity contribution < 1.29 is 23.0 Å². The van der Waals surface area contributed by atoms with Crippen LogP contribution < -0.4 is 9.47 Å². The zero-order valence-corrected chi connectivity index (χ0v) is 14.7. The molecule has 0 N–H and O–H groups in total. The van der Waals surface area contributed by atoms with Gasteiger partial charge in [-0.3, -0.25) is 4.79 Å². The number of rotatable bonds is 7. The van der Waals surface area contributed by atoms with Crippen molar-refractivity contribution in [2.24, 2.45) is 0 Å². The monoisotopic (exact) mass is 389 g/mol. The van der Waals surface area contributed by atoms with E-state index >= 15 is 0 Å². The minimum absolute atomic E-state index is 0.0617. The Morgan fingerprint density at radius 1 is 1.16 bits per heavy atom. The van der Waals surface area contributed by atoms with Gasteiger partial charge in [-0.25, -0.2) is 0 Å². The highest BCUT2D eigenvalue weighted by atomic mass is 35.5. The molecule has 0 fully saturated rings. The molecule has 1 amide bonds. The van der Waals surface area contributed by atoms with Crippen molar-refractivity contribution in [1.82, 2.24) is 4.90 Å². The third kappa shape index (κ3) is 5.76. The van der Waals surface area contributed by atoms with Crippen LogP contribution >= 0.6 is 23.2 Å². The SMILES string of the molecule is CN(Cc1ccc(OC(F)F)cc1)C(=O)COc1cccc(Cl)c1Cl. The molecule has 0 saturated heterocycles. The highest BCUT2D eigenvalue weighted by Gasteiger charge is 2.13. The first kappa shape index (κ1) is 19.3. The van der Waals surface area contributed by atoms with E-state index in [2.05, 4.69) is 4.74 Å². The molecule has 0 unspecified atom stereocenters. The second-order valence-corrected chi connectivity index (χ2v) is 5.90. The Balaban J connectivity index is 1.88. The molecule has 2 aromatic carbocycles. The van der Waals surface area contributed by atoms with Gasteiger partial charge in [0.25, 0.3) is 5.91 Å². The lowest BCUT2D eigenvalue weighted by atomic mass is 10.2.